The molecular formula is C23H23N3O4S. The van der Waals surface area contributed by atoms with Gasteiger partial charge in [0.2, 0.25) is 10.0 Å². The van der Waals surface area contributed by atoms with Gasteiger partial charge in [0.05, 0.1) is 24.8 Å². The molecule has 0 aromatic heterocycles. The van der Waals surface area contributed by atoms with E-state index in [4.69, 9.17) is 4.74 Å². The molecule has 1 amide bonds. The summed E-state index contributed by atoms with van der Waals surface area (Å²) < 4.78 is 32.7. The van der Waals surface area contributed by atoms with Crippen molar-refractivity contribution < 1.29 is 17.9 Å². The number of ether oxygens (including phenoxy) is 1. The number of nitrogens with zero attached hydrogens (tertiary/aromatic N) is 2. The first kappa shape index (κ1) is 22.2. The molecule has 0 heterocycles. The molecular weight excluding hydrogens is 414 g/mol. The van der Waals surface area contributed by atoms with Gasteiger partial charge < -0.3 is 4.74 Å². The van der Waals surface area contributed by atoms with Gasteiger partial charge in [0, 0.05) is 6.54 Å². The number of hydrogen-bond acceptors (Lipinski definition) is 5. The fraction of sp³-hybridized carbons (Fsp3) is 0.130. The topological polar surface area (TPSA) is 88.1 Å². The van der Waals surface area contributed by atoms with Crippen LogP contribution in [0.2, 0.25) is 0 Å². The third-order valence-corrected chi connectivity index (χ3v) is 6.23. The van der Waals surface area contributed by atoms with Crippen LogP contribution in [0.3, 0.4) is 0 Å². The maximum Gasteiger partial charge on any atom is 0.255 e. The van der Waals surface area contributed by atoms with Gasteiger partial charge in [0.15, 0.2) is 0 Å². The van der Waals surface area contributed by atoms with E-state index in [1.807, 2.05) is 60.7 Å². The first-order valence-electron chi connectivity index (χ1n) is 9.54. The molecule has 7 nitrogen and oxygen atoms in total. The molecule has 0 bridgehead atoms. The quantitative estimate of drug-likeness (QED) is 0.412. The van der Waals surface area contributed by atoms with Crippen LogP contribution in [0.25, 0.3) is 0 Å². The molecule has 0 aliphatic rings. The van der Waals surface area contributed by atoms with Crippen molar-refractivity contribution >= 4 is 22.1 Å². The zero-order chi connectivity index (χ0) is 22.1. The molecule has 0 unspecified atom stereocenters. The first-order valence-corrected chi connectivity index (χ1v) is 11.0. The van der Waals surface area contributed by atoms with Gasteiger partial charge in [-0.1, -0.05) is 60.7 Å². The predicted octanol–water partition coefficient (Wildman–Crippen LogP) is 3.04. The van der Waals surface area contributed by atoms with Crippen LogP contribution >= 0.6 is 0 Å². The van der Waals surface area contributed by atoms with Crippen molar-refractivity contribution in [3.63, 3.8) is 0 Å². The van der Waals surface area contributed by atoms with Crippen LogP contribution < -0.4 is 10.2 Å². The van der Waals surface area contributed by atoms with Gasteiger partial charge in [-0.2, -0.15) is 9.41 Å². The van der Waals surface area contributed by atoms with Crippen molar-refractivity contribution in [1.29, 1.82) is 0 Å². The fourth-order valence-electron chi connectivity index (χ4n) is 2.82. The lowest BCUT2D eigenvalue weighted by molar-refractivity contribution is -0.121. The molecule has 0 aliphatic heterocycles. The van der Waals surface area contributed by atoms with Gasteiger partial charge in [0.25, 0.3) is 5.91 Å². The Balaban J connectivity index is 1.78. The van der Waals surface area contributed by atoms with Crippen molar-refractivity contribution in [2.24, 2.45) is 5.10 Å². The lowest BCUT2D eigenvalue weighted by Gasteiger charge is -2.21. The molecule has 0 spiro atoms. The summed E-state index contributed by atoms with van der Waals surface area (Å²) in [5.74, 6) is 0.00162. The van der Waals surface area contributed by atoms with Gasteiger partial charge in [-0.3, -0.25) is 4.79 Å². The van der Waals surface area contributed by atoms with Crippen molar-refractivity contribution in [3.05, 3.63) is 96.1 Å². The van der Waals surface area contributed by atoms with E-state index >= 15 is 0 Å². The highest BCUT2D eigenvalue weighted by atomic mass is 32.2. The third-order valence-electron chi connectivity index (χ3n) is 4.42. The second-order valence-corrected chi connectivity index (χ2v) is 8.58. The lowest BCUT2D eigenvalue weighted by Crippen LogP contribution is -2.39. The summed E-state index contributed by atoms with van der Waals surface area (Å²) in [7, 11) is -2.43. The fourth-order valence-corrected chi connectivity index (χ4v) is 4.21. The standard InChI is InChI=1S/C23H23N3O4S/c1-30-21-12-14-22(15-13-21)31(28,29)26(17-20-10-6-3-7-11-20)18-23(27)25-24-16-19-8-4-2-5-9-19/h2-16H,17-18H2,1H3,(H,25,27)/b24-16-. The summed E-state index contributed by atoms with van der Waals surface area (Å²) >= 11 is 0. The van der Waals surface area contributed by atoms with Crippen LogP contribution in [0.1, 0.15) is 11.1 Å². The highest BCUT2D eigenvalue weighted by Crippen LogP contribution is 2.21. The smallest absolute Gasteiger partial charge is 0.255 e. The van der Waals surface area contributed by atoms with E-state index < -0.39 is 15.9 Å². The van der Waals surface area contributed by atoms with E-state index in [0.29, 0.717) is 5.75 Å². The van der Waals surface area contributed by atoms with E-state index in [1.165, 1.54) is 25.5 Å². The van der Waals surface area contributed by atoms with Crippen LogP contribution in [-0.4, -0.2) is 38.5 Å². The average molecular weight is 438 g/mol. The minimum Gasteiger partial charge on any atom is -0.497 e. The number of carbonyl (C=O) groups excluding carboxylic acids is 1. The van der Waals surface area contributed by atoms with E-state index in [9.17, 15) is 13.2 Å². The summed E-state index contributed by atoms with van der Waals surface area (Å²) in [6, 6.07) is 24.4. The van der Waals surface area contributed by atoms with Crippen LogP contribution in [0.5, 0.6) is 5.75 Å². The Morgan fingerprint density at radius 3 is 2.19 bits per heavy atom. The lowest BCUT2D eigenvalue weighted by atomic mass is 10.2. The van der Waals surface area contributed by atoms with E-state index in [2.05, 4.69) is 10.5 Å². The minimum atomic E-state index is -3.93. The van der Waals surface area contributed by atoms with Gasteiger partial charge in [0.1, 0.15) is 5.75 Å². The number of hydrogen-bond donors (Lipinski definition) is 1. The van der Waals surface area contributed by atoms with Crippen molar-refractivity contribution in [1.82, 2.24) is 9.73 Å². The van der Waals surface area contributed by atoms with Crippen LogP contribution in [0.15, 0.2) is 94.9 Å². The Morgan fingerprint density at radius 2 is 1.58 bits per heavy atom. The molecule has 31 heavy (non-hydrogen) atoms. The zero-order valence-electron chi connectivity index (χ0n) is 17.0. The molecule has 0 aliphatic carbocycles. The van der Waals surface area contributed by atoms with Gasteiger partial charge >= 0.3 is 0 Å². The number of sulfonamides is 1. The highest BCUT2D eigenvalue weighted by molar-refractivity contribution is 7.89. The number of benzene rings is 3. The molecule has 0 fully saturated rings. The van der Waals surface area contributed by atoms with E-state index in [0.717, 1.165) is 15.4 Å². The number of nitrogens with one attached hydrogen (secondary N) is 1. The average Bonchev–Trinajstić information content (AvgIpc) is 2.80. The van der Waals surface area contributed by atoms with Gasteiger partial charge in [-0.15, -0.1) is 0 Å². The van der Waals surface area contributed by atoms with Crippen molar-refractivity contribution in [2.75, 3.05) is 13.7 Å². The van der Waals surface area contributed by atoms with Crippen LogP contribution in [0, 0.1) is 0 Å². The largest absolute Gasteiger partial charge is 0.497 e. The zero-order valence-corrected chi connectivity index (χ0v) is 17.8. The maximum absolute atomic E-state index is 13.2. The summed E-state index contributed by atoms with van der Waals surface area (Å²) in [6.07, 6.45) is 1.50. The summed E-state index contributed by atoms with van der Waals surface area (Å²) in [5.41, 5.74) is 3.97. The Kier molecular flexibility index (Phi) is 7.53. The molecule has 3 rings (SSSR count). The Bertz CT molecular complexity index is 1120. The molecule has 0 atom stereocenters. The third kappa shape index (κ3) is 6.24. The van der Waals surface area contributed by atoms with E-state index in [1.54, 1.807) is 12.1 Å². The van der Waals surface area contributed by atoms with Crippen LogP contribution in [0.4, 0.5) is 0 Å². The monoisotopic (exact) mass is 437 g/mol. The van der Waals surface area contributed by atoms with E-state index in [-0.39, 0.29) is 18.0 Å². The second kappa shape index (κ2) is 10.5. The van der Waals surface area contributed by atoms with Gasteiger partial charge in [-0.05, 0) is 35.4 Å². The summed E-state index contributed by atoms with van der Waals surface area (Å²) in [4.78, 5) is 12.5. The molecule has 0 saturated carbocycles. The first-order chi connectivity index (χ1) is 15.0. The second-order valence-electron chi connectivity index (χ2n) is 6.64. The Labute approximate surface area is 182 Å². The van der Waals surface area contributed by atoms with Crippen molar-refractivity contribution in [2.45, 2.75) is 11.4 Å². The number of methoxy groups -OCH3 is 1. The summed E-state index contributed by atoms with van der Waals surface area (Å²) in [6.45, 7) is -0.333. The number of hydrazone groups is 1. The molecule has 0 radical (unpaired) electrons. The Hall–Kier alpha value is -3.49. The number of rotatable bonds is 9. The Morgan fingerprint density at radius 1 is 0.968 bits per heavy atom. The van der Waals surface area contributed by atoms with Crippen molar-refractivity contribution in [3.8, 4) is 5.75 Å². The van der Waals surface area contributed by atoms with Gasteiger partial charge in [-0.25, -0.2) is 13.8 Å². The molecule has 1 N–H and O–H groups in total. The molecule has 0 saturated heterocycles. The van der Waals surface area contributed by atoms with Crippen LogP contribution in [-0.2, 0) is 21.4 Å². The maximum atomic E-state index is 13.2. The normalized spacial score (nSPS) is 11.5. The number of carbonyl (C=O) groups is 1. The molecule has 3 aromatic carbocycles. The molecule has 8 heteroatoms. The molecule has 160 valence electrons. The SMILES string of the molecule is COc1ccc(S(=O)(=O)N(CC(=O)N/N=C\c2ccccc2)Cc2ccccc2)cc1. The molecule has 3 aromatic rings. The predicted molar refractivity (Wildman–Crippen MR) is 119 cm³/mol. The number of amides is 1. The highest BCUT2D eigenvalue weighted by Gasteiger charge is 2.27. The summed E-state index contributed by atoms with van der Waals surface area (Å²) in [5, 5.41) is 3.92. The minimum absolute atomic E-state index is 0.0466.